The minimum Gasteiger partial charge on any atom is -0.472 e. The highest BCUT2D eigenvalue weighted by Gasteiger charge is 2.46. The van der Waals surface area contributed by atoms with Gasteiger partial charge in [0.15, 0.2) is 0 Å². The van der Waals surface area contributed by atoms with Crippen molar-refractivity contribution in [1.29, 1.82) is 0 Å². The van der Waals surface area contributed by atoms with Crippen LogP contribution >= 0.6 is 0 Å². The fraction of sp³-hybridized carbons (Fsp3) is 0.200. The Balaban J connectivity index is 1.83. The molecule has 1 saturated heterocycles. The van der Waals surface area contributed by atoms with Crippen molar-refractivity contribution in [2.75, 3.05) is 0 Å². The highest BCUT2D eigenvalue weighted by atomic mass is 16.7. The SMILES string of the molecule is C1=CC2C(c3cccc4ccccc34)O[C@H]2O1. The van der Waals surface area contributed by atoms with Crippen LogP contribution in [-0.4, -0.2) is 6.29 Å². The highest BCUT2D eigenvalue weighted by Crippen LogP contribution is 2.46. The molecule has 1 fully saturated rings. The average molecular weight is 224 g/mol. The first-order valence-corrected chi connectivity index (χ1v) is 5.89. The summed E-state index contributed by atoms with van der Waals surface area (Å²) in [6.45, 7) is 0. The Morgan fingerprint density at radius 1 is 0.941 bits per heavy atom. The second kappa shape index (κ2) is 3.34. The van der Waals surface area contributed by atoms with Gasteiger partial charge in [-0.1, -0.05) is 42.5 Å². The first-order chi connectivity index (χ1) is 8.43. The molecule has 0 N–H and O–H groups in total. The topological polar surface area (TPSA) is 18.5 Å². The van der Waals surface area contributed by atoms with E-state index in [4.69, 9.17) is 9.47 Å². The fourth-order valence-electron chi connectivity index (χ4n) is 2.69. The molecule has 2 heteroatoms. The van der Waals surface area contributed by atoms with Gasteiger partial charge in [0.1, 0.15) is 0 Å². The summed E-state index contributed by atoms with van der Waals surface area (Å²) in [5.41, 5.74) is 1.26. The minimum atomic E-state index is -0.0565. The van der Waals surface area contributed by atoms with Crippen molar-refractivity contribution in [3.05, 3.63) is 60.4 Å². The summed E-state index contributed by atoms with van der Waals surface area (Å²) >= 11 is 0. The first-order valence-electron chi connectivity index (χ1n) is 5.89. The van der Waals surface area contributed by atoms with Gasteiger partial charge >= 0.3 is 0 Å². The summed E-state index contributed by atoms with van der Waals surface area (Å²) in [5, 5.41) is 2.54. The minimum absolute atomic E-state index is 0.0565. The molecule has 4 rings (SSSR count). The van der Waals surface area contributed by atoms with Crippen LogP contribution in [0.2, 0.25) is 0 Å². The third-order valence-corrected chi connectivity index (χ3v) is 3.59. The standard InChI is InChI=1S/C15H12O2/c1-2-6-11-10(4-1)5-3-7-12(11)14-13-8-9-16-15(13)17-14/h1-9,13-15H/t13?,14?,15-/m1/s1. The molecule has 2 aromatic rings. The van der Waals surface area contributed by atoms with Crippen molar-refractivity contribution in [3.8, 4) is 0 Å². The summed E-state index contributed by atoms with van der Waals surface area (Å²) < 4.78 is 11.1. The maximum absolute atomic E-state index is 5.77. The lowest BCUT2D eigenvalue weighted by Crippen LogP contribution is -2.39. The smallest absolute Gasteiger partial charge is 0.208 e. The number of hydrogen-bond donors (Lipinski definition) is 0. The van der Waals surface area contributed by atoms with Gasteiger partial charge in [-0.3, -0.25) is 0 Å². The molecule has 0 bridgehead atoms. The van der Waals surface area contributed by atoms with Crippen molar-refractivity contribution in [2.45, 2.75) is 12.4 Å². The van der Waals surface area contributed by atoms with Crippen LogP contribution < -0.4 is 0 Å². The molecule has 17 heavy (non-hydrogen) atoms. The van der Waals surface area contributed by atoms with Gasteiger partial charge in [-0.15, -0.1) is 0 Å². The van der Waals surface area contributed by atoms with Crippen molar-refractivity contribution in [1.82, 2.24) is 0 Å². The van der Waals surface area contributed by atoms with Crippen LogP contribution in [0.4, 0.5) is 0 Å². The Morgan fingerprint density at radius 2 is 1.82 bits per heavy atom. The second-order valence-electron chi connectivity index (χ2n) is 4.54. The maximum atomic E-state index is 5.77. The van der Waals surface area contributed by atoms with E-state index < -0.39 is 0 Å². The fourth-order valence-corrected chi connectivity index (χ4v) is 2.69. The van der Waals surface area contributed by atoms with E-state index in [1.807, 2.05) is 0 Å². The van der Waals surface area contributed by atoms with Crippen LogP contribution in [0, 0.1) is 5.92 Å². The normalized spacial score (nSPS) is 29.8. The van der Waals surface area contributed by atoms with Crippen LogP contribution in [0.5, 0.6) is 0 Å². The second-order valence-corrected chi connectivity index (χ2v) is 4.54. The molecule has 2 heterocycles. The summed E-state index contributed by atoms with van der Waals surface area (Å²) in [6, 6.07) is 14.8. The Bertz CT molecular complexity index is 597. The third kappa shape index (κ3) is 1.25. The van der Waals surface area contributed by atoms with E-state index in [1.165, 1.54) is 16.3 Å². The lowest BCUT2D eigenvalue weighted by molar-refractivity contribution is -0.257. The van der Waals surface area contributed by atoms with Gasteiger partial charge in [0.25, 0.3) is 0 Å². The van der Waals surface area contributed by atoms with Crippen molar-refractivity contribution < 1.29 is 9.47 Å². The molecule has 2 aliphatic heterocycles. The average Bonchev–Trinajstić information content (AvgIpc) is 2.71. The maximum Gasteiger partial charge on any atom is 0.208 e. The summed E-state index contributed by atoms with van der Waals surface area (Å²) in [6.07, 6.45) is 3.94. The van der Waals surface area contributed by atoms with E-state index in [1.54, 1.807) is 6.26 Å². The summed E-state index contributed by atoms with van der Waals surface area (Å²) in [5.74, 6) is 0.376. The Labute approximate surface area is 99.5 Å². The van der Waals surface area contributed by atoms with E-state index in [-0.39, 0.29) is 12.4 Å². The highest BCUT2D eigenvalue weighted by molar-refractivity contribution is 5.86. The van der Waals surface area contributed by atoms with Crippen LogP contribution in [0.1, 0.15) is 11.7 Å². The lowest BCUT2D eigenvalue weighted by Gasteiger charge is -2.39. The molecule has 2 aliphatic rings. The molecule has 0 saturated carbocycles. The Hall–Kier alpha value is -1.80. The van der Waals surface area contributed by atoms with Gasteiger partial charge < -0.3 is 9.47 Å². The number of benzene rings is 2. The van der Waals surface area contributed by atoms with Crippen LogP contribution in [-0.2, 0) is 9.47 Å². The van der Waals surface area contributed by atoms with Gasteiger partial charge in [0.05, 0.1) is 18.3 Å². The quantitative estimate of drug-likeness (QED) is 0.739. The number of ether oxygens (including phenoxy) is 2. The zero-order chi connectivity index (χ0) is 11.2. The summed E-state index contributed by atoms with van der Waals surface area (Å²) in [4.78, 5) is 0. The third-order valence-electron chi connectivity index (χ3n) is 3.59. The van der Waals surface area contributed by atoms with E-state index in [0.29, 0.717) is 5.92 Å². The van der Waals surface area contributed by atoms with Gasteiger partial charge in [0.2, 0.25) is 6.29 Å². The van der Waals surface area contributed by atoms with Crippen molar-refractivity contribution >= 4 is 10.8 Å². The van der Waals surface area contributed by atoms with E-state index in [0.717, 1.165) is 0 Å². The molecular formula is C15H12O2. The molecule has 2 aromatic carbocycles. The predicted octanol–water partition coefficient (Wildman–Crippen LogP) is 3.40. The molecule has 0 spiro atoms. The van der Waals surface area contributed by atoms with E-state index in [2.05, 4.69) is 48.5 Å². The van der Waals surface area contributed by atoms with Crippen LogP contribution in [0.15, 0.2) is 54.8 Å². The lowest BCUT2D eigenvalue weighted by atomic mass is 9.88. The molecule has 2 nitrogen and oxygen atoms in total. The molecular weight excluding hydrogens is 212 g/mol. The molecule has 0 aliphatic carbocycles. The van der Waals surface area contributed by atoms with Gasteiger partial charge in [-0.05, 0) is 22.4 Å². The summed E-state index contributed by atoms with van der Waals surface area (Å²) in [7, 11) is 0. The molecule has 3 atom stereocenters. The van der Waals surface area contributed by atoms with Crippen LogP contribution in [0.3, 0.4) is 0 Å². The number of hydrogen-bond acceptors (Lipinski definition) is 2. The molecule has 0 aromatic heterocycles. The van der Waals surface area contributed by atoms with E-state index >= 15 is 0 Å². The zero-order valence-corrected chi connectivity index (χ0v) is 9.24. The van der Waals surface area contributed by atoms with Crippen molar-refractivity contribution in [2.24, 2.45) is 5.92 Å². The molecule has 84 valence electrons. The van der Waals surface area contributed by atoms with Gasteiger partial charge in [-0.25, -0.2) is 0 Å². The Kier molecular flexibility index (Phi) is 1.82. The zero-order valence-electron chi connectivity index (χ0n) is 9.24. The molecule has 0 radical (unpaired) electrons. The van der Waals surface area contributed by atoms with Gasteiger partial charge in [0, 0.05) is 0 Å². The number of rotatable bonds is 1. The first kappa shape index (κ1) is 9.25. The van der Waals surface area contributed by atoms with Gasteiger partial charge in [-0.2, -0.15) is 0 Å². The largest absolute Gasteiger partial charge is 0.472 e. The molecule has 2 unspecified atom stereocenters. The van der Waals surface area contributed by atoms with Crippen LogP contribution in [0.25, 0.3) is 10.8 Å². The monoisotopic (exact) mass is 224 g/mol. The Morgan fingerprint density at radius 3 is 2.76 bits per heavy atom. The van der Waals surface area contributed by atoms with Crippen molar-refractivity contribution in [3.63, 3.8) is 0 Å². The van der Waals surface area contributed by atoms with E-state index in [9.17, 15) is 0 Å². The predicted molar refractivity (Wildman–Crippen MR) is 65.3 cm³/mol. The molecule has 0 amide bonds. The number of fused-ring (bicyclic) bond motifs is 2.